The molecule has 1 aromatic heterocycles. The Morgan fingerprint density at radius 1 is 1.36 bits per heavy atom. The third-order valence-electron chi connectivity index (χ3n) is 3.30. The van der Waals surface area contributed by atoms with Crippen LogP contribution in [0.4, 0.5) is 0 Å². The normalized spacial score (nSPS) is 14.5. The first-order chi connectivity index (χ1) is 10.7. The number of benzene rings is 1. The minimum atomic E-state index is -0.168. The van der Waals surface area contributed by atoms with E-state index in [1.807, 2.05) is 31.4 Å². The first-order valence-corrected chi connectivity index (χ1v) is 8.97. The van der Waals surface area contributed by atoms with E-state index < -0.39 is 0 Å². The van der Waals surface area contributed by atoms with Gasteiger partial charge in [0.05, 0.1) is 6.04 Å². The zero-order valence-corrected chi connectivity index (χ0v) is 13.9. The quantitative estimate of drug-likeness (QED) is 0.869. The number of nitrogens with one attached hydrogen (secondary N) is 1. The van der Waals surface area contributed by atoms with Crippen LogP contribution in [0, 0.1) is 0 Å². The number of fused-ring (bicyclic) bond motifs is 1. The highest BCUT2D eigenvalue weighted by atomic mass is 32.2. The van der Waals surface area contributed by atoms with Crippen molar-refractivity contribution in [1.82, 2.24) is 10.3 Å². The zero-order chi connectivity index (χ0) is 15.5. The standard InChI is InChI=1S/C15H16N2O3S2/c1-9(16-14(18)11-8-22-15(17-11)21-2)10-3-4-12-13(7-10)20-6-5-19-12/h3-4,7-9H,5-6H2,1-2H3,(H,16,18). The van der Waals surface area contributed by atoms with E-state index in [0.29, 0.717) is 18.9 Å². The van der Waals surface area contributed by atoms with E-state index in [0.717, 1.165) is 21.4 Å². The van der Waals surface area contributed by atoms with Crippen LogP contribution in [-0.4, -0.2) is 30.4 Å². The van der Waals surface area contributed by atoms with Gasteiger partial charge in [0.15, 0.2) is 11.5 Å². The number of rotatable bonds is 4. The lowest BCUT2D eigenvalue weighted by atomic mass is 10.1. The molecule has 22 heavy (non-hydrogen) atoms. The molecule has 1 aliphatic heterocycles. The molecular formula is C15H16N2O3S2. The number of hydrogen-bond donors (Lipinski definition) is 1. The smallest absolute Gasteiger partial charge is 0.271 e. The molecule has 0 aliphatic carbocycles. The minimum Gasteiger partial charge on any atom is -0.486 e. The van der Waals surface area contributed by atoms with E-state index in [1.165, 1.54) is 23.1 Å². The molecule has 1 unspecified atom stereocenters. The van der Waals surface area contributed by atoms with Crippen molar-refractivity contribution in [2.45, 2.75) is 17.3 Å². The van der Waals surface area contributed by atoms with Gasteiger partial charge in [0.25, 0.3) is 5.91 Å². The van der Waals surface area contributed by atoms with Gasteiger partial charge in [-0.3, -0.25) is 4.79 Å². The Labute approximate surface area is 137 Å². The van der Waals surface area contributed by atoms with E-state index in [1.54, 1.807) is 5.38 Å². The molecule has 0 spiro atoms. The van der Waals surface area contributed by atoms with E-state index >= 15 is 0 Å². The maximum Gasteiger partial charge on any atom is 0.271 e. The molecule has 1 N–H and O–H groups in total. The summed E-state index contributed by atoms with van der Waals surface area (Å²) in [5.41, 5.74) is 1.43. The number of hydrogen-bond acceptors (Lipinski definition) is 6. The Balaban J connectivity index is 1.71. The van der Waals surface area contributed by atoms with Crippen molar-refractivity contribution in [3.63, 3.8) is 0 Å². The average Bonchev–Trinajstić information content (AvgIpc) is 3.03. The third kappa shape index (κ3) is 3.20. The molecular weight excluding hydrogens is 320 g/mol. The molecule has 0 radical (unpaired) electrons. The molecule has 0 saturated heterocycles. The SMILES string of the molecule is CSc1nc(C(=O)NC(C)c2ccc3c(c2)OCCO3)cs1. The Morgan fingerprint density at radius 3 is 2.86 bits per heavy atom. The fourth-order valence-electron chi connectivity index (χ4n) is 2.14. The van der Waals surface area contributed by atoms with Gasteiger partial charge >= 0.3 is 0 Å². The second kappa shape index (κ2) is 6.58. The summed E-state index contributed by atoms with van der Waals surface area (Å²) in [6.45, 7) is 3.05. The molecule has 1 aliphatic rings. The molecule has 5 nitrogen and oxygen atoms in total. The van der Waals surface area contributed by atoms with Crippen molar-refractivity contribution >= 4 is 29.0 Å². The number of thioether (sulfide) groups is 1. The van der Waals surface area contributed by atoms with Gasteiger partial charge in [-0.2, -0.15) is 0 Å². The van der Waals surface area contributed by atoms with Crippen LogP contribution < -0.4 is 14.8 Å². The predicted molar refractivity (Wildman–Crippen MR) is 87.2 cm³/mol. The van der Waals surface area contributed by atoms with Gasteiger partial charge in [0, 0.05) is 5.38 Å². The molecule has 2 aromatic rings. The molecule has 1 atom stereocenters. The Kier molecular flexibility index (Phi) is 4.54. The van der Waals surface area contributed by atoms with Gasteiger partial charge in [-0.15, -0.1) is 11.3 Å². The highest BCUT2D eigenvalue weighted by Crippen LogP contribution is 2.32. The second-order valence-corrected chi connectivity index (χ2v) is 6.71. The maximum absolute atomic E-state index is 12.2. The molecule has 1 amide bonds. The van der Waals surface area contributed by atoms with E-state index in [4.69, 9.17) is 9.47 Å². The summed E-state index contributed by atoms with van der Waals surface area (Å²) >= 11 is 3.01. The number of amides is 1. The van der Waals surface area contributed by atoms with Crippen molar-refractivity contribution in [1.29, 1.82) is 0 Å². The summed E-state index contributed by atoms with van der Waals surface area (Å²) < 4.78 is 12.0. The van der Waals surface area contributed by atoms with Crippen LogP contribution >= 0.6 is 23.1 Å². The van der Waals surface area contributed by atoms with Gasteiger partial charge in [0.2, 0.25) is 0 Å². The number of carbonyl (C=O) groups excluding carboxylic acids is 1. The predicted octanol–water partition coefficient (Wildman–Crippen LogP) is 3.13. The van der Waals surface area contributed by atoms with Crippen LogP contribution in [0.25, 0.3) is 0 Å². The van der Waals surface area contributed by atoms with Crippen molar-refractivity contribution in [3.8, 4) is 11.5 Å². The number of ether oxygens (including phenoxy) is 2. The molecule has 1 aromatic carbocycles. The Bertz CT molecular complexity index is 687. The summed E-state index contributed by atoms with van der Waals surface area (Å²) in [6, 6.07) is 5.59. The highest BCUT2D eigenvalue weighted by Gasteiger charge is 2.17. The Hall–Kier alpha value is -1.73. The molecule has 3 rings (SSSR count). The van der Waals surface area contributed by atoms with E-state index in [9.17, 15) is 4.79 Å². The minimum absolute atomic E-state index is 0.136. The van der Waals surface area contributed by atoms with Crippen LogP contribution in [0.2, 0.25) is 0 Å². The molecule has 0 saturated carbocycles. The summed E-state index contributed by atoms with van der Waals surface area (Å²) in [7, 11) is 0. The van der Waals surface area contributed by atoms with Crippen LogP contribution in [0.1, 0.15) is 29.0 Å². The van der Waals surface area contributed by atoms with Crippen LogP contribution in [-0.2, 0) is 0 Å². The molecule has 2 heterocycles. The second-order valence-electron chi connectivity index (χ2n) is 4.80. The average molecular weight is 336 g/mol. The van der Waals surface area contributed by atoms with E-state index in [-0.39, 0.29) is 11.9 Å². The van der Waals surface area contributed by atoms with Gasteiger partial charge in [-0.05, 0) is 30.9 Å². The van der Waals surface area contributed by atoms with Crippen molar-refractivity contribution < 1.29 is 14.3 Å². The molecule has 116 valence electrons. The number of thiazole rings is 1. The topological polar surface area (TPSA) is 60.5 Å². The van der Waals surface area contributed by atoms with Crippen LogP contribution in [0.5, 0.6) is 11.5 Å². The first-order valence-electron chi connectivity index (χ1n) is 6.87. The number of aromatic nitrogens is 1. The Morgan fingerprint density at radius 2 is 2.14 bits per heavy atom. The number of nitrogens with zero attached hydrogens (tertiary/aromatic N) is 1. The lowest BCUT2D eigenvalue weighted by Crippen LogP contribution is -2.27. The lowest BCUT2D eigenvalue weighted by Gasteiger charge is -2.21. The number of carbonyl (C=O) groups is 1. The zero-order valence-electron chi connectivity index (χ0n) is 12.3. The summed E-state index contributed by atoms with van der Waals surface area (Å²) in [6.07, 6.45) is 1.94. The highest BCUT2D eigenvalue weighted by molar-refractivity contribution is 8.00. The fourth-order valence-corrected chi connectivity index (χ4v) is 3.38. The monoisotopic (exact) mass is 336 g/mol. The third-order valence-corrected chi connectivity index (χ3v) is 5.17. The maximum atomic E-state index is 12.2. The molecule has 0 fully saturated rings. The van der Waals surface area contributed by atoms with Crippen molar-refractivity contribution in [3.05, 3.63) is 34.8 Å². The van der Waals surface area contributed by atoms with E-state index in [2.05, 4.69) is 10.3 Å². The van der Waals surface area contributed by atoms with Crippen LogP contribution in [0.15, 0.2) is 27.9 Å². The lowest BCUT2D eigenvalue weighted by molar-refractivity contribution is 0.0935. The summed E-state index contributed by atoms with van der Waals surface area (Å²) in [5, 5.41) is 4.73. The van der Waals surface area contributed by atoms with Crippen LogP contribution in [0.3, 0.4) is 0 Å². The molecule has 0 bridgehead atoms. The van der Waals surface area contributed by atoms with Gasteiger partial charge in [-0.25, -0.2) is 4.98 Å². The largest absolute Gasteiger partial charge is 0.486 e. The van der Waals surface area contributed by atoms with Gasteiger partial charge < -0.3 is 14.8 Å². The molecule has 7 heteroatoms. The fraction of sp³-hybridized carbons (Fsp3) is 0.333. The first kappa shape index (κ1) is 15.2. The summed E-state index contributed by atoms with van der Waals surface area (Å²) in [5.74, 6) is 1.31. The van der Waals surface area contributed by atoms with Crippen molar-refractivity contribution in [2.24, 2.45) is 0 Å². The van der Waals surface area contributed by atoms with Crippen molar-refractivity contribution in [2.75, 3.05) is 19.5 Å². The summed E-state index contributed by atoms with van der Waals surface area (Å²) in [4.78, 5) is 16.5. The van der Waals surface area contributed by atoms with Gasteiger partial charge in [-0.1, -0.05) is 17.8 Å². The van der Waals surface area contributed by atoms with Gasteiger partial charge in [0.1, 0.15) is 23.2 Å².